The Kier molecular flexibility index (Phi) is 9.21. The summed E-state index contributed by atoms with van der Waals surface area (Å²) in [7, 11) is -3.15. The molecule has 0 saturated heterocycles. The number of hydrogen-bond donors (Lipinski definition) is 2. The summed E-state index contributed by atoms with van der Waals surface area (Å²) in [5, 5.41) is 0.947. The first kappa shape index (κ1) is 23.9. The molecule has 0 amide bonds. The number of para-hydroxylation sites is 1. The fourth-order valence-corrected chi connectivity index (χ4v) is 5.76. The normalized spacial score (nSPS) is 12.6. The molecular weight excluding hydrogens is 391 g/mol. The van der Waals surface area contributed by atoms with E-state index in [9.17, 15) is 14.6 Å². The van der Waals surface area contributed by atoms with Crippen LogP contribution in [0.4, 0.5) is 0 Å². The molecule has 0 bridgehead atoms. The van der Waals surface area contributed by atoms with Crippen LogP contribution >= 0.6 is 7.87 Å². The lowest BCUT2D eigenvalue weighted by atomic mass is 10.2. The van der Waals surface area contributed by atoms with Crippen molar-refractivity contribution in [1.29, 1.82) is 0 Å². The number of fused-ring (bicyclic) bond motifs is 1. The molecule has 29 heavy (non-hydrogen) atoms. The van der Waals surface area contributed by atoms with Gasteiger partial charge in [-0.25, -0.2) is 9.79 Å². The van der Waals surface area contributed by atoms with Gasteiger partial charge in [0.05, 0.1) is 26.4 Å². The number of aldehydes is 1. The van der Waals surface area contributed by atoms with Gasteiger partial charge in [0.2, 0.25) is 0 Å². The topological polar surface area (TPSA) is 84.2 Å². The van der Waals surface area contributed by atoms with Crippen LogP contribution in [0.1, 0.15) is 38.1 Å². The van der Waals surface area contributed by atoms with Gasteiger partial charge in [0.1, 0.15) is 0 Å². The number of benzene rings is 1. The number of aromatic nitrogens is 1. The molecule has 1 aromatic heterocycles. The molecule has 2 aromatic rings. The predicted molar refractivity (Wildman–Crippen MR) is 117 cm³/mol. The van der Waals surface area contributed by atoms with Crippen molar-refractivity contribution in [3.05, 3.63) is 36.0 Å². The van der Waals surface area contributed by atoms with Crippen molar-refractivity contribution >= 4 is 25.1 Å². The van der Waals surface area contributed by atoms with E-state index in [1.807, 2.05) is 62.7 Å². The summed E-state index contributed by atoms with van der Waals surface area (Å²) in [6.07, 6.45) is 2.93. The molecule has 0 aliphatic heterocycles. The summed E-state index contributed by atoms with van der Waals surface area (Å²) in [4.78, 5) is 32.1. The summed E-state index contributed by atoms with van der Waals surface area (Å²) in [5.41, 5.74) is 1.70. The van der Waals surface area contributed by atoms with E-state index < -0.39 is 7.87 Å². The molecule has 8 heteroatoms. The fourth-order valence-electron chi connectivity index (χ4n) is 3.68. The van der Waals surface area contributed by atoms with Gasteiger partial charge in [-0.2, -0.15) is 0 Å². The SMILES string of the molecule is CC(C)N(C(C)C)[P+](O)(O)CCOCCOCCn1cc(C=O)c2ccccc21. The van der Waals surface area contributed by atoms with Gasteiger partial charge in [-0.05, 0) is 33.8 Å². The van der Waals surface area contributed by atoms with E-state index in [0.717, 1.165) is 17.2 Å². The van der Waals surface area contributed by atoms with E-state index >= 15 is 0 Å². The third-order valence-electron chi connectivity index (χ3n) is 4.76. The Hall–Kier alpha value is -1.34. The molecule has 0 unspecified atom stereocenters. The minimum atomic E-state index is -3.15. The lowest BCUT2D eigenvalue weighted by Crippen LogP contribution is -2.38. The molecular formula is C21H34N2O5P+. The Balaban J connectivity index is 1.68. The quantitative estimate of drug-likeness (QED) is 0.291. The summed E-state index contributed by atoms with van der Waals surface area (Å²) in [5.74, 6) is 0. The second-order valence-electron chi connectivity index (χ2n) is 7.62. The minimum absolute atomic E-state index is 0.0613. The maximum atomic E-state index is 11.2. The molecule has 1 aromatic carbocycles. The van der Waals surface area contributed by atoms with E-state index in [-0.39, 0.29) is 24.9 Å². The van der Waals surface area contributed by atoms with E-state index in [1.54, 1.807) is 4.67 Å². The minimum Gasteiger partial charge on any atom is -0.377 e. The lowest BCUT2D eigenvalue weighted by Gasteiger charge is -2.32. The van der Waals surface area contributed by atoms with E-state index in [1.165, 1.54) is 0 Å². The van der Waals surface area contributed by atoms with Crippen molar-refractivity contribution in [3.8, 4) is 0 Å². The predicted octanol–water partition coefficient (Wildman–Crippen LogP) is 3.35. The molecule has 2 N–H and O–H groups in total. The van der Waals surface area contributed by atoms with Crippen LogP contribution in [0.25, 0.3) is 10.9 Å². The standard InChI is InChI=1S/C21H34N2O5P/c1-17(2)23(18(3)4)29(25,26)14-13-28-12-11-27-10-9-22-15-19(16-24)20-7-5-6-8-21(20)22/h5-8,15-18,25-26H,9-14H2,1-4H3/q+1. The van der Waals surface area contributed by atoms with Gasteiger partial charge in [0.15, 0.2) is 12.4 Å². The third kappa shape index (κ3) is 6.57. The second kappa shape index (κ2) is 11.2. The summed E-state index contributed by atoms with van der Waals surface area (Å²) < 4.78 is 14.9. The highest BCUT2D eigenvalue weighted by molar-refractivity contribution is 7.62. The molecule has 0 aliphatic carbocycles. The van der Waals surface area contributed by atoms with Gasteiger partial charge in [-0.15, -0.1) is 4.67 Å². The van der Waals surface area contributed by atoms with Crippen molar-refractivity contribution < 1.29 is 24.1 Å². The van der Waals surface area contributed by atoms with Crippen molar-refractivity contribution in [2.45, 2.75) is 46.3 Å². The van der Waals surface area contributed by atoms with Gasteiger partial charge in [0.25, 0.3) is 0 Å². The van der Waals surface area contributed by atoms with Crippen LogP contribution in [0.3, 0.4) is 0 Å². The highest BCUT2D eigenvalue weighted by Gasteiger charge is 2.44. The molecule has 2 rings (SSSR count). The Bertz CT molecular complexity index is 768. The highest BCUT2D eigenvalue weighted by Crippen LogP contribution is 2.55. The first-order valence-corrected chi connectivity index (χ1v) is 11.9. The maximum absolute atomic E-state index is 11.2. The Morgan fingerprint density at radius 1 is 1.03 bits per heavy atom. The zero-order valence-corrected chi connectivity index (χ0v) is 18.7. The third-order valence-corrected chi connectivity index (χ3v) is 7.20. The molecule has 0 aliphatic rings. The molecule has 0 fully saturated rings. The molecule has 162 valence electrons. The number of rotatable bonds is 13. The zero-order valence-electron chi connectivity index (χ0n) is 17.8. The Morgan fingerprint density at radius 2 is 1.66 bits per heavy atom. The van der Waals surface area contributed by atoms with Gasteiger partial charge >= 0.3 is 7.87 Å². The Labute approximate surface area is 173 Å². The van der Waals surface area contributed by atoms with Crippen LogP contribution in [0, 0.1) is 0 Å². The van der Waals surface area contributed by atoms with Crippen LogP contribution in [0.15, 0.2) is 30.5 Å². The lowest BCUT2D eigenvalue weighted by molar-refractivity contribution is 0.0491. The van der Waals surface area contributed by atoms with Crippen LogP contribution < -0.4 is 0 Å². The number of hydrogen-bond acceptors (Lipinski definition) is 6. The number of ether oxygens (including phenoxy) is 2. The number of carbonyl (C=O) groups excluding carboxylic acids is 1. The number of carbonyl (C=O) groups is 1. The van der Waals surface area contributed by atoms with Crippen LogP contribution in [-0.2, 0) is 16.0 Å². The second-order valence-corrected chi connectivity index (χ2v) is 9.92. The number of nitrogens with zero attached hydrogens (tertiary/aromatic N) is 2. The van der Waals surface area contributed by atoms with Crippen LogP contribution in [0.5, 0.6) is 0 Å². The largest absolute Gasteiger partial charge is 0.377 e. The van der Waals surface area contributed by atoms with E-state index in [0.29, 0.717) is 31.9 Å². The average molecular weight is 425 g/mol. The zero-order chi connectivity index (χ0) is 21.4. The smallest absolute Gasteiger partial charge is 0.345 e. The summed E-state index contributed by atoms with van der Waals surface area (Å²) in [6, 6.07) is 7.92. The average Bonchev–Trinajstić information content (AvgIpc) is 3.01. The van der Waals surface area contributed by atoms with E-state index in [2.05, 4.69) is 0 Å². The fraction of sp³-hybridized carbons (Fsp3) is 0.571. The highest BCUT2D eigenvalue weighted by atomic mass is 31.2. The molecule has 1 heterocycles. The van der Waals surface area contributed by atoms with Gasteiger partial charge in [-0.1, -0.05) is 18.2 Å². The van der Waals surface area contributed by atoms with Gasteiger partial charge < -0.3 is 14.0 Å². The van der Waals surface area contributed by atoms with Crippen molar-refractivity contribution in [1.82, 2.24) is 9.24 Å². The molecule has 7 nitrogen and oxygen atoms in total. The Morgan fingerprint density at radius 3 is 2.28 bits per heavy atom. The summed E-state index contributed by atoms with van der Waals surface area (Å²) in [6.45, 7) is 10.1. The van der Waals surface area contributed by atoms with Gasteiger partial charge in [0, 0.05) is 41.3 Å². The van der Waals surface area contributed by atoms with Crippen molar-refractivity contribution in [2.75, 3.05) is 32.6 Å². The molecule has 0 saturated carbocycles. The summed E-state index contributed by atoms with van der Waals surface area (Å²) >= 11 is 0. The monoisotopic (exact) mass is 425 g/mol. The molecule has 0 radical (unpaired) electrons. The molecule has 0 spiro atoms. The van der Waals surface area contributed by atoms with Crippen LogP contribution in [-0.4, -0.2) is 70.0 Å². The first-order chi connectivity index (χ1) is 13.8. The van der Waals surface area contributed by atoms with Crippen molar-refractivity contribution in [3.63, 3.8) is 0 Å². The first-order valence-electron chi connectivity index (χ1n) is 10.1. The van der Waals surface area contributed by atoms with E-state index in [4.69, 9.17) is 9.47 Å². The maximum Gasteiger partial charge on any atom is 0.345 e. The van der Waals surface area contributed by atoms with Crippen molar-refractivity contribution in [2.24, 2.45) is 0 Å². The van der Waals surface area contributed by atoms with Crippen LogP contribution in [0.2, 0.25) is 0 Å². The molecule has 0 atom stereocenters. The van der Waals surface area contributed by atoms with Gasteiger partial charge in [-0.3, -0.25) is 4.79 Å².